The summed E-state index contributed by atoms with van der Waals surface area (Å²) in [5.41, 5.74) is 0. The smallest absolute Gasteiger partial charge is 0.109 e. The molecule has 0 aromatic carbocycles. The number of nitrogens with zero attached hydrogens (tertiary/aromatic N) is 2. The summed E-state index contributed by atoms with van der Waals surface area (Å²) in [6, 6.07) is 0.419. The maximum absolute atomic E-state index is 8.88. The van der Waals surface area contributed by atoms with Gasteiger partial charge in [-0.15, -0.1) is 11.3 Å². The summed E-state index contributed by atoms with van der Waals surface area (Å²) >= 11 is 1.70. The lowest BCUT2D eigenvalue weighted by molar-refractivity contribution is 0.0245. The van der Waals surface area contributed by atoms with Gasteiger partial charge in [0, 0.05) is 37.2 Å². The fraction of sp³-hybridized carbons (Fsp3) is 0.667. The minimum absolute atomic E-state index is 0.321. The molecule has 1 saturated heterocycles. The van der Waals surface area contributed by atoms with Gasteiger partial charge in [0.05, 0.1) is 6.04 Å². The van der Waals surface area contributed by atoms with Gasteiger partial charge in [0.1, 0.15) is 5.01 Å². The van der Waals surface area contributed by atoms with Gasteiger partial charge in [-0.2, -0.15) is 0 Å². The van der Waals surface area contributed by atoms with Gasteiger partial charge in [0.15, 0.2) is 0 Å². The van der Waals surface area contributed by atoms with Crippen molar-refractivity contribution < 1.29 is 5.11 Å². The van der Waals surface area contributed by atoms with Crippen LogP contribution < -0.4 is 0 Å². The predicted octanol–water partition coefficient (Wildman–Crippen LogP) is 1.13. The van der Waals surface area contributed by atoms with Crippen LogP contribution in [0.5, 0.6) is 0 Å². The highest BCUT2D eigenvalue weighted by atomic mass is 32.1. The van der Waals surface area contributed by atoms with Gasteiger partial charge in [-0.05, 0) is 6.92 Å². The molecule has 0 amide bonds. The summed E-state index contributed by atoms with van der Waals surface area (Å²) in [6.07, 6.45) is 1.85. The Morgan fingerprint density at radius 1 is 1.77 bits per heavy atom. The van der Waals surface area contributed by atoms with Gasteiger partial charge in [-0.25, -0.2) is 4.98 Å². The zero-order valence-corrected chi connectivity index (χ0v) is 8.50. The maximum Gasteiger partial charge on any atom is 0.109 e. The van der Waals surface area contributed by atoms with Crippen molar-refractivity contribution in [1.29, 1.82) is 0 Å². The summed E-state index contributed by atoms with van der Waals surface area (Å²) in [5.74, 6) is 0.488. The molecule has 1 aromatic heterocycles. The van der Waals surface area contributed by atoms with E-state index in [1.807, 2.05) is 11.6 Å². The molecule has 1 aliphatic rings. The molecule has 1 fully saturated rings. The fourth-order valence-electron chi connectivity index (χ4n) is 1.64. The Morgan fingerprint density at radius 3 is 3.08 bits per heavy atom. The number of aliphatic hydroxyl groups is 1. The highest BCUT2D eigenvalue weighted by Gasteiger charge is 2.30. The Kier molecular flexibility index (Phi) is 2.62. The summed E-state index contributed by atoms with van der Waals surface area (Å²) in [7, 11) is 0. The van der Waals surface area contributed by atoms with E-state index >= 15 is 0 Å². The van der Waals surface area contributed by atoms with E-state index in [9.17, 15) is 0 Å². The standard InChI is InChI=1S/C9H14N2OS/c1-7(9-10-2-3-13-9)11-4-8(5-11)6-12/h2-3,7-8,12H,4-6H2,1H3. The fourth-order valence-corrected chi connectivity index (χ4v) is 2.37. The van der Waals surface area contributed by atoms with E-state index in [0.29, 0.717) is 18.6 Å². The van der Waals surface area contributed by atoms with Crippen molar-refractivity contribution in [3.63, 3.8) is 0 Å². The van der Waals surface area contributed by atoms with Crippen molar-refractivity contribution in [3.8, 4) is 0 Å². The van der Waals surface area contributed by atoms with E-state index in [-0.39, 0.29) is 0 Å². The van der Waals surface area contributed by atoms with Crippen molar-refractivity contribution >= 4 is 11.3 Å². The van der Waals surface area contributed by atoms with Gasteiger partial charge in [-0.1, -0.05) is 0 Å². The van der Waals surface area contributed by atoms with Crippen LogP contribution in [0.25, 0.3) is 0 Å². The van der Waals surface area contributed by atoms with Crippen LogP contribution in [0.15, 0.2) is 11.6 Å². The molecule has 3 nitrogen and oxygen atoms in total. The minimum atomic E-state index is 0.321. The molecule has 13 heavy (non-hydrogen) atoms. The van der Waals surface area contributed by atoms with E-state index in [0.717, 1.165) is 13.1 Å². The van der Waals surface area contributed by atoms with Gasteiger partial charge in [0.25, 0.3) is 0 Å². The molecular formula is C9H14N2OS. The Hall–Kier alpha value is -0.450. The molecule has 0 aliphatic carbocycles. The van der Waals surface area contributed by atoms with Crippen LogP contribution in [0.1, 0.15) is 18.0 Å². The quantitative estimate of drug-likeness (QED) is 0.791. The molecular weight excluding hydrogens is 184 g/mol. The number of aliphatic hydroxyl groups excluding tert-OH is 1. The van der Waals surface area contributed by atoms with E-state index in [1.54, 1.807) is 11.3 Å². The second kappa shape index (κ2) is 3.74. The second-order valence-electron chi connectivity index (χ2n) is 3.55. The van der Waals surface area contributed by atoms with Crippen LogP contribution in [0, 0.1) is 5.92 Å². The third kappa shape index (κ3) is 1.75. The van der Waals surface area contributed by atoms with E-state index in [1.165, 1.54) is 5.01 Å². The zero-order valence-electron chi connectivity index (χ0n) is 7.68. The number of aromatic nitrogens is 1. The highest BCUT2D eigenvalue weighted by Crippen LogP contribution is 2.28. The Bertz CT molecular complexity index is 257. The first kappa shape index (κ1) is 9.12. The summed E-state index contributed by atoms with van der Waals surface area (Å²) in [6.45, 7) is 4.52. The van der Waals surface area contributed by atoms with E-state index < -0.39 is 0 Å². The molecule has 1 aromatic rings. The van der Waals surface area contributed by atoms with Crippen LogP contribution in [0.3, 0.4) is 0 Å². The molecule has 2 rings (SSSR count). The molecule has 0 radical (unpaired) electrons. The Labute approximate surface area is 82.0 Å². The van der Waals surface area contributed by atoms with Crippen LogP contribution in [-0.4, -0.2) is 34.7 Å². The average Bonchev–Trinajstić information content (AvgIpc) is 2.53. The third-order valence-electron chi connectivity index (χ3n) is 2.60. The molecule has 4 heteroatoms. The molecule has 1 atom stereocenters. The molecule has 72 valence electrons. The molecule has 1 aliphatic heterocycles. The van der Waals surface area contributed by atoms with Gasteiger partial charge >= 0.3 is 0 Å². The van der Waals surface area contributed by atoms with Gasteiger partial charge in [0.2, 0.25) is 0 Å². The van der Waals surface area contributed by atoms with Crippen molar-refractivity contribution in [2.45, 2.75) is 13.0 Å². The van der Waals surface area contributed by atoms with Crippen molar-refractivity contribution in [1.82, 2.24) is 9.88 Å². The predicted molar refractivity (Wildman–Crippen MR) is 52.7 cm³/mol. The number of thiazole rings is 1. The minimum Gasteiger partial charge on any atom is -0.396 e. The van der Waals surface area contributed by atoms with E-state index in [2.05, 4.69) is 16.8 Å². The van der Waals surface area contributed by atoms with Crippen LogP contribution >= 0.6 is 11.3 Å². The van der Waals surface area contributed by atoms with Crippen LogP contribution in [0.2, 0.25) is 0 Å². The number of hydrogen-bond acceptors (Lipinski definition) is 4. The third-order valence-corrected chi connectivity index (χ3v) is 3.55. The molecule has 0 spiro atoms. The lowest BCUT2D eigenvalue weighted by atomic mass is 9.99. The first-order valence-electron chi connectivity index (χ1n) is 4.55. The summed E-state index contributed by atoms with van der Waals surface area (Å²) in [5, 5.41) is 12.1. The first-order chi connectivity index (χ1) is 6.31. The summed E-state index contributed by atoms with van der Waals surface area (Å²) < 4.78 is 0. The van der Waals surface area contributed by atoms with Gasteiger partial charge in [-0.3, -0.25) is 4.90 Å². The zero-order chi connectivity index (χ0) is 9.26. The highest BCUT2D eigenvalue weighted by molar-refractivity contribution is 7.09. The second-order valence-corrected chi connectivity index (χ2v) is 4.47. The summed E-state index contributed by atoms with van der Waals surface area (Å²) in [4.78, 5) is 6.63. The van der Waals surface area contributed by atoms with Crippen molar-refractivity contribution in [3.05, 3.63) is 16.6 Å². The topological polar surface area (TPSA) is 36.4 Å². The Morgan fingerprint density at radius 2 is 2.54 bits per heavy atom. The molecule has 1 N–H and O–H groups in total. The van der Waals surface area contributed by atoms with Crippen molar-refractivity contribution in [2.24, 2.45) is 5.92 Å². The first-order valence-corrected chi connectivity index (χ1v) is 5.43. The van der Waals surface area contributed by atoms with Crippen LogP contribution in [-0.2, 0) is 0 Å². The SMILES string of the molecule is CC(c1nccs1)N1CC(CO)C1. The lowest BCUT2D eigenvalue weighted by Crippen LogP contribution is -2.49. The maximum atomic E-state index is 8.88. The lowest BCUT2D eigenvalue weighted by Gasteiger charge is -2.41. The van der Waals surface area contributed by atoms with Crippen molar-refractivity contribution in [2.75, 3.05) is 19.7 Å². The number of likely N-dealkylation sites (tertiary alicyclic amines) is 1. The average molecular weight is 198 g/mol. The van der Waals surface area contributed by atoms with Gasteiger partial charge < -0.3 is 5.11 Å². The molecule has 0 saturated carbocycles. The van der Waals surface area contributed by atoms with Crippen LogP contribution in [0.4, 0.5) is 0 Å². The Balaban J connectivity index is 1.90. The normalized spacial score (nSPS) is 21.4. The molecule has 1 unspecified atom stereocenters. The molecule has 2 heterocycles. The number of hydrogen-bond donors (Lipinski definition) is 1. The number of rotatable bonds is 3. The monoisotopic (exact) mass is 198 g/mol. The molecule has 0 bridgehead atoms. The largest absolute Gasteiger partial charge is 0.396 e. The van der Waals surface area contributed by atoms with E-state index in [4.69, 9.17) is 5.11 Å².